The number of anilines is 1. The summed E-state index contributed by atoms with van der Waals surface area (Å²) in [4.78, 5) is 0. The Hall–Kier alpha value is -1.28. The van der Waals surface area contributed by atoms with Gasteiger partial charge in [0.05, 0.1) is 0 Å². The first-order chi connectivity index (χ1) is 12.4. The van der Waals surface area contributed by atoms with E-state index in [0.29, 0.717) is 5.41 Å². The summed E-state index contributed by atoms with van der Waals surface area (Å²) in [6.45, 7) is 22.0. The zero-order valence-corrected chi connectivity index (χ0v) is 19.1. The second-order valence-corrected chi connectivity index (χ2v) is 10.2. The van der Waals surface area contributed by atoms with E-state index in [-0.39, 0.29) is 17.9 Å². The largest absolute Gasteiger partial charge is 0.396 e. The van der Waals surface area contributed by atoms with Crippen LogP contribution in [0.2, 0.25) is 0 Å². The Morgan fingerprint density at radius 2 is 1.59 bits per heavy atom. The summed E-state index contributed by atoms with van der Waals surface area (Å²) in [7, 11) is 0. The first-order valence-electron chi connectivity index (χ1n) is 10.5. The van der Waals surface area contributed by atoms with Gasteiger partial charge in [-0.25, -0.2) is 0 Å². The van der Waals surface area contributed by atoms with Crippen LogP contribution in [0.15, 0.2) is 24.4 Å². The van der Waals surface area contributed by atoms with Crippen LogP contribution in [0.1, 0.15) is 83.9 Å². The molecule has 0 aliphatic carbocycles. The molecule has 2 nitrogen and oxygen atoms in total. The van der Waals surface area contributed by atoms with E-state index in [4.69, 9.17) is 0 Å². The number of hydrogen-bond donors (Lipinski definition) is 2. The van der Waals surface area contributed by atoms with Crippen LogP contribution in [-0.2, 0) is 6.42 Å². The highest BCUT2D eigenvalue weighted by Gasteiger charge is 2.27. The molecule has 0 heterocycles. The highest BCUT2D eigenvalue weighted by molar-refractivity contribution is 5.61. The lowest BCUT2D eigenvalue weighted by Crippen LogP contribution is -2.29. The molecule has 0 spiro atoms. The number of allylic oxidation sites excluding steroid dienone is 1. The van der Waals surface area contributed by atoms with E-state index in [9.17, 15) is 5.11 Å². The maximum absolute atomic E-state index is 9.62. The van der Waals surface area contributed by atoms with Crippen LogP contribution in [0.5, 0.6) is 0 Å². The third-order valence-electron chi connectivity index (χ3n) is 5.87. The summed E-state index contributed by atoms with van der Waals surface area (Å²) >= 11 is 0. The SMILES string of the molecule is C=C(Nc1c(C)cc(CCCCCC(C)(C)C)cc1C)C(C)C(C)(C)CO. The van der Waals surface area contributed by atoms with Crippen molar-refractivity contribution < 1.29 is 5.11 Å². The number of aliphatic hydroxyl groups excluding tert-OH is 1. The lowest BCUT2D eigenvalue weighted by atomic mass is 9.79. The third kappa shape index (κ3) is 7.70. The van der Waals surface area contributed by atoms with E-state index in [0.717, 1.165) is 17.8 Å². The molecule has 0 bridgehead atoms. The molecule has 0 saturated carbocycles. The van der Waals surface area contributed by atoms with Crippen molar-refractivity contribution >= 4 is 5.69 Å². The molecule has 154 valence electrons. The topological polar surface area (TPSA) is 32.3 Å². The Balaban J connectivity index is 2.69. The standard InChI is InChI=1S/C25H43NO/c1-18-15-22(13-11-10-12-14-24(5,6)7)16-19(2)23(18)26-21(4)20(3)25(8,9)17-27/h15-16,20,26-27H,4,10-14,17H2,1-3,5-9H3. The van der Waals surface area contributed by atoms with Crippen LogP contribution in [0.25, 0.3) is 0 Å². The molecule has 1 atom stereocenters. The summed E-state index contributed by atoms with van der Waals surface area (Å²) < 4.78 is 0. The van der Waals surface area contributed by atoms with Crippen LogP contribution in [-0.4, -0.2) is 11.7 Å². The fraction of sp³-hybridized carbons (Fsp3) is 0.680. The second kappa shape index (κ2) is 9.78. The molecule has 0 aromatic heterocycles. The molecule has 2 N–H and O–H groups in total. The van der Waals surface area contributed by atoms with Gasteiger partial charge in [0.1, 0.15) is 0 Å². The summed E-state index contributed by atoms with van der Waals surface area (Å²) in [6.07, 6.45) is 6.34. The van der Waals surface area contributed by atoms with Gasteiger partial charge in [0.25, 0.3) is 0 Å². The number of aliphatic hydroxyl groups is 1. The molecule has 0 aliphatic heterocycles. The lowest BCUT2D eigenvalue weighted by Gasteiger charge is -2.32. The number of nitrogens with one attached hydrogen (secondary N) is 1. The van der Waals surface area contributed by atoms with Crippen molar-refractivity contribution in [2.45, 2.75) is 87.5 Å². The molecule has 0 fully saturated rings. The number of rotatable bonds is 10. The summed E-state index contributed by atoms with van der Waals surface area (Å²) in [5.74, 6) is 0.184. The Kier molecular flexibility index (Phi) is 8.60. The van der Waals surface area contributed by atoms with Crippen molar-refractivity contribution in [1.29, 1.82) is 0 Å². The number of hydrogen-bond acceptors (Lipinski definition) is 2. The van der Waals surface area contributed by atoms with E-state index in [1.165, 1.54) is 42.4 Å². The zero-order valence-electron chi connectivity index (χ0n) is 19.1. The van der Waals surface area contributed by atoms with Crippen LogP contribution < -0.4 is 5.32 Å². The van der Waals surface area contributed by atoms with Gasteiger partial charge < -0.3 is 10.4 Å². The van der Waals surface area contributed by atoms with Gasteiger partial charge in [0.15, 0.2) is 0 Å². The maximum Gasteiger partial charge on any atom is 0.0488 e. The second-order valence-electron chi connectivity index (χ2n) is 10.2. The fourth-order valence-corrected chi connectivity index (χ4v) is 3.43. The van der Waals surface area contributed by atoms with Gasteiger partial charge >= 0.3 is 0 Å². The summed E-state index contributed by atoms with van der Waals surface area (Å²) in [5, 5.41) is 13.2. The van der Waals surface area contributed by atoms with Gasteiger partial charge in [-0.3, -0.25) is 0 Å². The molecule has 0 amide bonds. The average Bonchev–Trinajstić information content (AvgIpc) is 2.55. The molecule has 1 aromatic rings. The van der Waals surface area contributed by atoms with Gasteiger partial charge in [0.2, 0.25) is 0 Å². The molecule has 0 aliphatic rings. The summed E-state index contributed by atoms with van der Waals surface area (Å²) in [5.41, 5.74) is 6.38. The van der Waals surface area contributed by atoms with Crippen molar-refractivity contribution in [3.8, 4) is 0 Å². The highest BCUT2D eigenvalue weighted by atomic mass is 16.3. The van der Waals surface area contributed by atoms with Crippen molar-refractivity contribution in [2.75, 3.05) is 11.9 Å². The number of benzene rings is 1. The number of unbranched alkanes of at least 4 members (excludes halogenated alkanes) is 2. The summed E-state index contributed by atoms with van der Waals surface area (Å²) in [6, 6.07) is 4.63. The quantitative estimate of drug-likeness (QED) is 0.431. The van der Waals surface area contributed by atoms with Gasteiger partial charge in [0, 0.05) is 23.9 Å². The minimum atomic E-state index is -0.182. The lowest BCUT2D eigenvalue weighted by molar-refractivity contribution is 0.121. The molecule has 1 rings (SSSR count). The molecule has 0 saturated heterocycles. The van der Waals surface area contributed by atoms with E-state index in [1.54, 1.807) is 0 Å². The van der Waals surface area contributed by atoms with Crippen LogP contribution in [0, 0.1) is 30.6 Å². The third-order valence-corrected chi connectivity index (χ3v) is 5.87. The fourth-order valence-electron chi connectivity index (χ4n) is 3.43. The van der Waals surface area contributed by atoms with Crippen molar-refractivity contribution in [3.63, 3.8) is 0 Å². The molecular weight excluding hydrogens is 330 g/mol. The molecule has 1 aromatic carbocycles. The minimum absolute atomic E-state index is 0.154. The van der Waals surface area contributed by atoms with E-state index in [1.807, 2.05) is 0 Å². The minimum Gasteiger partial charge on any atom is -0.396 e. The maximum atomic E-state index is 9.62. The van der Waals surface area contributed by atoms with Gasteiger partial charge in [-0.15, -0.1) is 0 Å². The van der Waals surface area contributed by atoms with Crippen LogP contribution >= 0.6 is 0 Å². The Bertz CT molecular complexity index is 599. The normalized spacial score (nSPS) is 13.5. The molecule has 0 radical (unpaired) electrons. The number of aryl methyl sites for hydroxylation is 3. The first kappa shape index (κ1) is 23.8. The van der Waals surface area contributed by atoms with Crippen LogP contribution in [0.4, 0.5) is 5.69 Å². The molecule has 1 unspecified atom stereocenters. The Morgan fingerprint density at radius 1 is 1.04 bits per heavy atom. The molecule has 27 heavy (non-hydrogen) atoms. The predicted octanol–water partition coefficient (Wildman–Crippen LogP) is 7.03. The van der Waals surface area contributed by atoms with Crippen molar-refractivity contribution in [3.05, 3.63) is 41.1 Å². The first-order valence-corrected chi connectivity index (χ1v) is 10.5. The van der Waals surface area contributed by atoms with Crippen molar-refractivity contribution in [1.82, 2.24) is 0 Å². The Morgan fingerprint density at radius 3 is 2.07 bits per heavy atom. The molecular formula is C25H43NO. The zero-order chi connectivity index (χ0) is 20.8. The van der Waals surface area contributed by atoms with Crippen LogP contribution in [0.3, 0.4) is 0 Å². The monoisotopic (exact) mass is 373 g/mol. The van der Waals surface area contributed by atoms with E-state index >= 15 is 0 Å². The molecule has 2 heteroatoms. The van der Waals surface area contributed by atoms with Gasteiger partial charge in [-0.2, -0.15) is 0 Å². The highest BCUT2D eigenvalue weighted by Crippen LogP contribution is 2.33. The van der Waals surface area contributed by atoms with E-state index in [2.05, 4.69) is 79.4 Å². The van der Waals surface area contributed by atoms with Crippen molar-refractivity contribution in [2.24, 2.45) is 16.7 Å². The van der Waals surface area contributed by atoms with E-state index < -0.39 is 0 Å². The average molecular weight is 374 g/mol. The smallest absolute Gasteiger partial charge is 0.0488 e. The van der Waals surface area contributed by atoms with Gasteiger partial charge in [-0.05, 0) is 60.6 Å². The predicted molar refractivity (Wildman–Crippen MR) is 120 cm³/mol. The van der Waals surface area contributed by atoms with Gasteiger partial charge in [-0.1, -0.05) is 73.1 Å². The Labute approximate surface area is 168 Å².